The second-order valence-electron chi connectivity index (χ2n) is 3.34. The molecule has 0 bridgehead atoms. The van der Waals surface area contributed by atoms with Crippen LogP contribution in [0.1, 0.15) is 6.42 Å². The molecule has 0 heterocycles. The van der Waals surface area contributed by atoms with Crippen LogP contribution in [0.4, 0.5) is 5.69 Å². The summed E-state index contributed by atoms with van der Waals surface area (Å²) in [7, 11) is 5.00. The highest BCUT2D eigenvalue weighted by Crippen LogP contribution is 2.28. The molecule has 0 aliphatic heterocycles. The molecule has 0 aliphatic carbocycles. The van der Waals surface area contributed by atoms with Gasteiger partial charge in [-0.1, -0.05) is 0 Å². The van der Waals surface area contributed by atoms with Crippen molar-refractivity contribution in [1.29, 1.82) is 0 Å². The van der Waals surface area contributed by atoms with Gasteiger partial charge in [0.1, 0.15) is 11.5 Å². The van der Waals surface area contributed by atoms with Gasteiger partial charge in [-0.25, -0.2) is 0 Å². The molecule has 0 saturated heterocycles. The molecule has 1 aromatic carbocycles. The van der Waals surface area contributed by atoms with E-state index in [1.165, 1.54) is 0 Å². The van der Waals surface area contributed by atoms with Crippen LogP contribution in [0.3, 0.4) is 0 Å². The summed E-state index contributed by atoms with van der Waals surface area (Å²) < 4.78 is 15.4. The quantitative estimate of drug-likeness (QED) is 0.722. The number of nitrogens with one attached hydrogen (secondary N) is 1. The van der Waals surface area contributed by atoms with Crippen molar-refractivity contribution in [3.05, 3.63) is 18.2 Å². The van der Waals surface area contributed by atoms with Crippen LogP contribution in [0.25, 0.3) is 0 Å². The molecule has 0 atom stereocenters. The molecule has 0 amide bonds. The van der Waals surface area contributed by atoms with Gasteiger partial charge in [0, 0.05) is 26.3 Å². The third-order valence-electron chi connectivity index (χ3n) is 2.25. The van der Waals surface area contributed by atoms with E-state index in [4.69, 9.17) is 14.2 Å². The fourth-order valence-corrected chi connectivity index (χ4v) is 1.39. The van der Waals surface area contributed by atoms with Crippen molar-refractivity contribution >= 4 is 5.69 Å². The Morgan fingerprint density at radius 2 is 1.94 bits per heavy atom. The Labute approximate surface area is 96.5 Å². The fraction of sp³-hybridized carbons (Fsp3) is 0.500. The molecule has 0 saturated carbocycles. The highest BCUT2D eigenvalue weighted by atomic mass is 16.5. The first kappa shape index (κ1) is 12.6. The van der Waals surface area contributed by atoms with Gasteiger partial charge in [0.15, 0.2) is 0 Å². The Morgan fingerprint density at radius 3 is 2.56 bits per heavy atom. The number of hydrogen-bond donors (Lipinski definition) is 1. The smallest absolute Gasteiger partial charge is 0.142 e. The first-order valence-corrected chi connectivity index (χ1v) is 5.26. The van der Waals surface area contributed by atoms with E-state index in [0.29, 0.717) is 0 Å². The van der Waals surface area contributed by atoms with Gasteiger partial charge in [0.25, 0.3) is 0 Å². The number of hydrogen-bond acceptors (Lipinski definition) is 4. The molecule has 16 heavy (non-hydrogen) atoms. The minimum atomic E-state index is 0.749. The molecule has 0 aromatic heterocycles. The number of rotatable bonds is 7. The van der Waals surface area contributed by atoms with Gasteiger partial charge in [0.05, 0.1) is 19.9 Å². The minimum Gasteiger partial charge on any atom is -0.497 e. The second-order valence-corrected chi connectivity index (χ2v) is 3.34. The van der Waals surface area contributed by atoms with Gasteiger partial charge in [-0.15, -0.1) is 0 Å². The predicted molar refractivity (Wildman–Crippen MR) is 64.5 cm³/mol. The van der Waals surface area contributed by atoms with E-state index in [-0.39, 0.29) is 0 Å². The molecular formula is C12H19NO3. The Hall–Kier alpha value is -1.42. The summed E-state index contributed by atoms with van der Waals surface area (Å²) in [4.78, 5) is 0. The van der Waals surface area contributed by atoms with Crippen molar-refractivity contribution in [3.8, 4) is 11.5 Å². The lowest BCUT2D eigenvalue weighted by atomic mass is 10.2. The standard InChI is InChI=1S/C12H19NO3/c1-14-8-4-7-13-11-9-10(15-2)5-6-12(11)16-3/h5-6,9,13H,4,7-8H2,1-3H3. The molecular weight excluding hydrogens is 206 g/mol. The van der Waals surface area contributed by atoms with Crippen LogP contribution < -0.4 is 14.8 Å². The van der Waals surface area contributed by atoms with Gasteiger partial charge in [-0.3, -0.25) is 0 Å². The van der Waals surface area contributed by atoms with Crippen LogP contribution in [0.5, 0.6) is 11.5 Å². The number of anilines is 1. The van der Waals surface area contributed by atoms with E-state index in [2.05, 4.69) is 5.32 Å². The van der Waals surface area contributed by atoms with Gasteiger partial charge in [-0.05, 0) is 18.6 Å². The van der Waals surface area contributed by atoms with Crippen LogP contribution in [-0.4, -0.2) is 34.5 Å². The Morgan fingerprint density at radius 1 is 1.12 bits per heavy atom. The number of benzene rings is 1. The average molecular weight is 225 g/mol. The highest BCUT2D eigenvalue weighted by Gasteiger charge is 2.03. The maximum absolute atomic E-state index is 5.25. The van der Waals surface area contributed by atoms with E-state index in [9.17, 15) is 0 Å². The Kier molecular flexibility index (Phi) is 5.50. The Balaban J connectivity index is 2.60. The van der Waals surface area contributed by atoms with E-state index >= 15 is 0 Å². The van der Waals surface area contributed by atoms with Crippen molar-refractivity contribution in [1.82, 2.24) is 0 Å². The lowest BCUT2D eigenvalue weighted by molar-refractivity contribution is 0.197. The first-order chi connectivity index (χ1) is 7.81. The molecule has 0 unspecified atom stereocenters. The van der Waals surface area contributed by atoms with Gasteiger partial charge in [0.2, 0.25) is 0 Å². The second kappa shape index (κ2) is 6.95. The molecule has 1 rings (SSSR count). The number of ether oxygens (including phenoxy) is 3. The lowest BCUT2D eigenvalue weighted by Gasteiger charge is -2.12. The Bertz CT molecular complexity index is 315. The van der Waals surface area contributed by atoms with E-state index in [1.807, 2.05) is 18.2 Å². The van der Waals surface area contributed by atoms with Crippen LogP contribution in [-0.2, 0) is 4.74 Å². The van der Waals surface area contributed by atoms with Crippen LogP contribution in [0.15, 0.2) is 18.2 Å². The molecule has 0 aliphatic rings. The predicted octanol–water partition coefficient (Wildman–Crippen LogP) is 2.15. The molecule has 0 radical (unpaired) electrons. The van der Waals surface area contributed by atoms with E-state index in [0.717, 1.165) is 36.8 Å². The summed E-state index contributed by atoms with van der Waals surface area (Å²) in [5.74, 6) is 1.63. The molecule has 1 N–H and O–H groups in total. The summed E-state index contributed by atoms with van der Waals surface area (Å²) in [5.41, 5.74) is 0.943. The van der Waals surface area contributed by atoms with Crippen LogP contribution in [0, 0.1) is 0 Å². The summed E-state index contributed by atoms with van der Waals surface area (Å²) in [6, 6.07) is 5.68. The third-order valence-corrected chi connectivity index (χ3v) is 2.25. The average Bonchev–Trinajstić information content (AvgIpc) is 2.34. The van der Waals surface area contributed by atoms with E-state index in [1.54, 1.807) is 21.3 Å². The summed E-state index contributed by atoms with van der Waals surface area (Å²) in [6.45, 7) is 1.59. The zero-order chi connectivity index (χ0) is 11.8. The molecule has 4 heteroatoms. The molecule has 0 fully saturated rings. The first-order valence-electron chi connectivity index (χ1n) is 5.26. The molecule has 4 nitrogen and oxygen atoms in total. The maximum Gasteiger partial charge on any atom is 0.142 e. The number of methoxy groups -OCH3 is 3. The highest BCUT2D eigenvalue weighted by molar-refractivity contribution is 5.59. The summed E-state index contributed by atoms with van der Waals surface area (Å²) in [6.07, 6.45) is 0.955. The SMILES string of the molecule is COCCCNc1cc(OC)ccc1OC. The minimum absolute atomic E-state index is 0.749. The van der Waals surface area contributed by atoms with Crippen LogP contribution >= 0.6 is 0 Å². The van der Waals surface area contributed by atoms with Crippen molar-refractivity contribution < 1.29 is 14.2 Å². The van der Waals surface area contributed by atoms with E-state index < -0.39 is 0 Å². The largest absolute Gasteiger partial charge is 0.497 e. The maximum atomic E-state index is 5.25. The van der Waals surface area contributed by atoms with Crippen molar-refractivity contribution in [2.24, 2.45) is 0 Å². The van der Waals surface area contributed by atoms with Gasteiger partial charge in [-0.2, -0.15) is 0 Å². The van der Waals surface area contributed by atoms with Gasteiger partial charge < -0.3 is 19.5 Å². The fourth-order valence-electron chi connectivity index (χ4n) is 1.39. The van der Waals surface area contributed by atoms with Crippen molar-refractivity contribution in [2.75, 3.05) is 39.8 Å². The molecule has 1 aromatic rings. The normalized spacial score (nSPS) is 9.94. The zero-order valence-corrected chi connectivity index (χ0v) is 10.1. The van der Waals surface area contributed by atoms with Crippen molar-refractivity contribution in [2.45, 2.75) is 6.42 Å². The molecule has 90 valence electrons. The van der Waals surface area contributed by atoms with Crippen molar-refractivity contribution in [3.63, 3.8) is 0 Å². The topological polar surface area (TPSA) is 39.7 Å². The molecule has 0 spiro atoms. The summed E-state index contributed by atoms with van der Waals surface area (Å²) in [5, 5.41) is 3.29. The summed E-state index contributed by atoms with van der Waals surface area (Å²) >= 11 is 0. The monoisotopic (exact) mass is 225 g/mol. The van der Waals surface area contributed by atoms with Gasteiger partial charge >= 0.3 is 0 Å². The lowest BCUT2D eigenvalue weighted by Crippen LogP contribution is -2.06. The zero-order valence-electron chi connectivity index (χ0n) is 10.1. The van der Waals surface area contributed by atoms with Crippen LogP contribution in [0.2, 0.25) is 0 Å². The third kappa shape index (κ3) is 3.62.